The van der Waals surface area contributed by atoms with E-state index in [2.05, 4.69) is 10.2 Å². The van der Waals surface area contributed by atoms with Gasteiger partial charge in [0.05, 0.1) is 30.5 Å². The number of hydrogen-bond donors (Lipinski definition) is 2. The second kappa shape index (κ2) is 8.92. The largest absolute Gasteiger partial charge is 0.493 e. The Labute approximate surface area is 161 Å². The average Bonchev–Trinajstić information content (AvgIpc) is 2.65. The molecule has 0 fully saturated rings. The minimum Gasteiger partial charge on any atom is -0.493 e. The third kappa shape index (κ3) is 4.42. The molecule has 0 atom stereocenters. The van der Waals surface area contributed by atoms with E-state index in [4.69, 9.17) is 9.84 Å². The van der Waals surface area contributed by atoms with Crippen LogP contribution in [0.4, 0.5) is 11.4 Å². The molecule has 0 saturated heterocycles. The highest BCUT2D eigenvalue weighted by Gasteiger charge is 2.18. The van der Waals surface area contributed by atoms with E-state index in [-0.39, 0.29) is 29.5 Å². The van der Waals surface area contributed by atoms with Gasteiger partial charge in [-0.1, -0.05) is 0 Å². The molecule has 0 unspecified atom stereocenters. The molecule has 0 amide bonds. The molecular weight excluding hydrogens is 364 g/mol. The summed E-state index contributed by atoms with van der Waals surface area (Å²) in [5.74, 6) is -0.982. The number of nitriles is 1. The van der Waals surface area contributed by atoms with Crippen LogP contribution >= 0.6 is 0 Å². The summed E-state index contributed by atoms with van der Waals surface area (Å²) in [6.45, 7) is 4.39. The topological polar surface area (TPSA) is 137 Å². The number of benzene rings is 1. The molecule has 28 heavy (non-hydrogen) atoms. The van der Waals surface area contributed by atoms with Crippen molar-refractivity contribution in [1.82, 2.24) is 4.57 Å². The van der Waals surface area contributed by atoms with Gasteiger partial charge >= 0.3 is 5.97 Å². The van der Waals surface area contributed by atoms with Crippen LogP contribution in [0.1, 0.15) is 35.3 Å². The highest BCUT2D eigenvalue weighted by atomic mass is 16.5. The predicted molar refractivity (Wildman–Crippen MR) is 100 cm³/mol. The molecule has 9 heteroatoms. The maximum atomic E-state index is 12.5. The molecule has 0 spiro atoms. The van der Waals surface area contributed by atoms with Crippen LogP contribution in [0.3, 0.4) is 0 Å². The number of azo groups is 1. The number of aromatic hydroxyl groups is 1. The maximum Gasteiger partial charge on any atom is 0.338 e. The summed E-state index contributed by atoms with van der Waals surface area (Å²) in [6, 6.07) is 7.93. The summed E-state index contributed by atoms with van der Waals surface area (Å²) in [6.07, 6.45) is -0.236. The van der Waals surface area contributed by atoms with Crippen LogP contribution in [0.25, 0.3) is 0 Å². The zero-order valence-corrected chi connectivity index (χ0v) is 15.7. The van der Waals surface area contributed by atoms with E-state index in [0.717, 1.165) is 4.57 Å². The van der Waals surface area contributed by atoms with E-state index in [1.54, 1.807) is 13.8 Å². The van der Waals surface area contributed by atoms with Crippen molar-refractivity contribution in [3.63, 3.8) is 0 Å². The van der Waals surface area contributed by atoms with E-state index in [1.807, 2.05) is 6.07 Å². The third-order valence-electron chi connectivity index (χ3n) is 3.80. The third-order valence-corrected chi connectivity index (χ3v) is 3.80. The minimum atomic E-state index is -0.677. The number of pyridine rings is 1. The van der Waals surface area contributed by atoms with Gasteiger partial charge in [-0.3, -0.25) is 9.36 Å². The number of aliphatic hydroxyl groups excluding tert-OH is 1. The SMILES string of the molecule is Cc1c(C#N)c(O)n(CCO)c(=O)c1N=Nc1ccc(C(=O)OC(C)C)cc1. The zero-order chi connectivity index (χ0) is 20.8. The summed E-state index contributed by atoms with van der Waals surface area (Å²) in [7, 11) is 0. The van der Waals surface area contributed by atoms with Gasteiger partial charge < -0.3 is 14.9 Å². The minimum absolute atomic E-state index is 0.117. The molecular formula is C19H20N4O5. The van der Waals surface area contributed by atoms with E-state index in [1.165, 1.54) is 31.2 Å². The first-order chi connectivity index (χ1) is 13.3. The molecule has 1 heterocycles. The summed E-state index contributed by atoms with van der Waals surface area (Å²) in [4.78, 5) is 24.3. The number of aromatic nitrogens is 1. The summed E-state index contributed by atoms with van der Waals surface area (Å²) in [5, 5.41) is 36.3. The summed E-state index contributed by atoms with van der Waals surface area (Å²) < 4.78 is 5.96. The standard InChI is InChI=1S/C19H20N4O5/c1-11(2)28-19(27)13-4-6-14(7-5-13)21-22-16-12(3)15(10-20)17(25)23(8-9-24)18(16)26/h4-7,11,24-25H,8-9H2,1-3H3. The zero-order valence-electron chi connectivity index (χ0n) is 15.7. The summed E-state index contributed by atoms with van der Waals surface area (Å²) in [5.41, 5.74) is -0.00500. The Morgan fingerprint density at radius 3 is 2.46 bits per heavy atom. The molecule has 146 valence electrons. The Kier molecular flexibility index (Phi) is 6.63. The van der Waals surface area contributed by atoms with Crippen LogP contribution in [0.15, 0.2) is 39.3 Å². The molecule has 0 bridgehead atoms. The first kappa shape index (κ1) is 20.8. The van der Waals surface area contributed by atoms with Gasteiger partial charge in [0, 0.05) is 5.56 Å². The fourth-order valence-electron chi connectivity index (χ4n) is 2.42. The Bertz CT molecular complexity index is 1000. The molecule has 0 radical (unpaired) electrons. The second-order valence-corrected chi connectivity index (χ2v) is 6.17. The molecule has 9 nitrogen and oxygen atoms in total. The van der Waals surface area contributed by atoms with E-state index in [9.17, 15) is 20.0 Å². The van der Waals surface area contributed by atoms with Crippen molar-refractivity contribution in [2.45, 2.75) is 33.4 Å². The molecule has 0 saturated carbocycles. The fraction of sp³-hybridized carbons (Fsp3) is 0.316. The number of rotatable bonds is 6. The predicted octanol–water partition coefficient (Wildman–Crippen LogP) is 2.71. The number of carbonyl (C=O) groups is 1. The number of aliphatic hydroxyl groups is 1. The maximum absolute atomic E-state index is 12.5. The van der Waals surface area contributed by atoms with Crippen molar-refractivity contribution in [2.24, 2.45) is 10.2 Å². The quantitative estimate of drug-likeness (QED) is 0.580. The van der Waals surface area contributed by atoms with Crippen molar-refractivity contribution in [3.05, 3.63) is 51.3 Å². The first-order valence-electron chi connectivity index (χ1n) is 8.50. The van der Waals surface area contributed by atoms with Crippen molar-refractivity contribution in [2.75, 3.05) is 6.61 Å². The van der Waals surface area contributed by atoms with Crippen LogP contribution in [-0.4, -0.2) is 33.5 Å². The van der Waals surface area contributed by atoms with Crippen LogP contribution in [-0.2, 0) is 11.3 Å². The number of ether oxygens (including phenoxy) is 1. The molecule has 2 aromatic rings. The molecule has 1 aromatic heterocycles. The lowest BCUT2D eigenvalue weighted by Crippen LogP contribution is -2.23. The molecule has 2 N–H and O–H groups in total. The van der Waals surface area contributed by atoms with Gasteiger partial charge in [-0.25, -0.2) is 4.79 Å². The number of carbonyl (C=O) groups excluding carboxylic acids is 1. The number of hydrogen-bond acceptors (Lipinski definition) is 8. The van der Waals surface area contributed by atoms with Gasteiger partial charge in [0.15, 0.2) is 5.69 Å². The second-order valence-electron chi connectivity index (χ2n) is 6.17. The van der Waals surface area contributed by atoms with Crippen LogP contribution in [0.2, 0.25) is 0 Å². The Morgan fingerprint density at radius 1 is 1.29 bits per heavy atom. The van der Waals surface area contributed by atoms with Crippen molar-refractivity contribution in [3.8, 4) is 11.9 Å². The van der Waals surface area contributed by atoms with Gasteiger partial charge in [-0.05, 0) is 45.0 Å². The Morgan fingerprint density at radius 2 is 1.93 bits per heavy atom. The van der Waals surface area contributed by atoms with Crippen LogP contribution in [0, 0.1) is 18.3 Å². The van der Waals surface area contributed by atoms with Gasteiger partial charge in [0.25, 0.3) is 5.56 Å². The Balaban J connectivity index is 2.39. The normalized spacial score (nSPS) is 11.0. The lowest BCUT2D eigenvalue weighted by Gasteiger charge is -2.11. The van der Waals surface area contributed by atoms with Gasteiger partial charge in [-0.2, -0.15) is 10.4 Å². The lowest BCUT2D eigenvalue weighted by molar-refractivity contribution is 0.0378. The van der Waals surface area contributed by atoms with Crippen molar-refractivity contribution >= 4 is 17.3 Å². The monoisotopic (exact) mass is 384 g/mol. The molecule has 2 rings (SSSR count). The Hall–Kier alpha value is -3.51. The lowest BCUT2D eigenvalue weighted by atomic mass is 10.1. The molecule has 0 aliphatic heterocycles. The van der Waals surface area contributed by atoms with E-state index in [0.29, 0.717) is 11.3 Å². The molecule has 0 aliphatic rings. The molecule has 0 aliphatic carbocycles. The smallest absolute Gasteiger partial charge is 0.338 e. The number of nitrogens with zero attached hydrogens (tertiary/aromatic N) is 4. The number of esters is 1. The highest BCUT2D eigenvalue weighted by molar-refractivity contribution is 5.89. The summed E-state index contributed by atoms with van der Waals surface area (Å²) >= 11 is 0. The van der Waals surface area contributed by atoms with Gasteiger partial charge in [0.2, 0.25) is 5.88 Å². The first-order valence-corrected chi connectivity index (χ1v) is 8.50. The highest BCUT2D eigenvalue weighted by Crippen LogP contribution is 2.26. The van der Waals surface area contributed by atoms with E-state index >= 15 is 0 Å². The van der Waals surface area contributed by atoms with Crippen LogP contribution < -0.4 is 5.56 Å². The van der Waals surface area contributed by atoms with E-state index < -0.39 is 24.0 Å². The fourth-order valence-corrected chi connectivity index (χ4v) is 2.42. The average molecular weight is 384 g/mol. The van der Waals surface area contributed by atoms with Crippen molar-refractivity contribution in [1.29, 1.82) is 5.26 Å². The van der Waals surface area contributed by atoms with Crippen LogP contribution in [0.5, 0.6) is 5.88 Å². The van der Waals surface area contributed by atoms with Crippen molar-refractivity contribution < 1.29 is 19.7 Å². The molecule has 1 aromatic carbocycles. The van der Waals surface area contributed by atoms with Gasteiger partial charge in [0.1, 0.15) is 11.6 Å². The van der Waals surface area contributed by atoms with Gasteiger partial charge in [-0.15, -0.1) is 5.11 Å².